The van der Waals surface area contributed by atoms with Crippen molar-refractivity contribution >= 4 is 34.9 Å². The summed E-state index contributed by atoms with van der Waals surface area (Å²) in [7, 11) is 0. The normalized spacial score (nSPS) is 10.3. The van der Waals surface area contributed by atoms with E-state index in [1.165, 1.54) is 6.07 Å². The number of nitrogens with two attached hydrogens (primary N) is 1. The van der Waals surface area contributed by atoms with E-state index in [2.05, 4.69) is 25.9 Å². The SMILES string of the molecule is N#Cc1c(N)n[nH]c1CCCNC(=O)C(=O)Nc1ccc(-n2cccn2)c(Cl)c1. The zero-order valence-electron chi connectivity index (χ0n) is 15.1. The van der Waals surface area contributed by atoms with Crippen LogP contribution in [0.5, 0.6) is 0 Å². The first-order chi connectivity index (χ1) is 14.0. The number of carbonyl (C=O) groups is 2. The van der Waals surface area contributed by atoms with E-state index in [9.17, 15) is 9.59 Å². The van der Waals surface area contributed by atoms with E-state index >= 15 is 0 Å². The number of halogens is 1. The largest absolute Gasteiger partial charge is 0.381 e. The molecule has 2 heterocycles. The van der Waals surface area contributed by atoms with Gasteiger partial charge in [-0.25, -0.2) is 4.68 Å². The Morgan fingerprint density at radius 1 is 1.34 bits per heavy atom. The molecule has 0 saturated carbocycles. The standard InChI is InChI=1S/C18H17ClN8O2/c19-13-9-11(4-5-15(13)27-8-2-7-23-27)24-18(29)17(28)22-6-1-3-14-12(10-20)16(21)26-25-14/h2,4-5,7-9H,1,3,6H2,(H,22,28)(H,24,29)(H3,21,25,26). The Morgan fingerprint density at radius 2 is 2.17 bits per heavy atom. The van der Waals surface area contributed by atoms with Gasteiger partial charge in [-0.2, -0.15) is 15.5 Å². The van der Waals surface area contributed by atoms with Gasteiger partial charge in [0.15, 0.2) is 5.82 Å². The van der Waals surface area contributed by atoms with Crippen LogP contribution in [0.15, 0.2) is 36.7 Å². The molecule has 0 spiro atoms. The smallest absolute Gasteiger partial charge is 0.313 e. The van der Waals surface area contributed by atoms with Gasteiger partial charge in [-0.1, -0.05) is 11.6 Å². The zero-order valence-corrected chi connectivity index (χ0v) is 15.9. The summed E-state index contributed by atoms with van der Waals surface area (Å²) in [5.41, 5.74) is 7.49. The maximum atomic E-state index is 12.0. The Bertz CT molecular complexity index is 1070. The lowest BCUT2D eigenvalue weighted by Crippen LogP contribution is -2.36. The lowest BCUT2D eigenvalue weighted by atomic mass is 10.1. The van der Waals surface area contributed by atoms with Gasteiger partial charge in [-0.05, 0) is 37.1 Å². The Labute approximate surface area is 170 Å². The number of aryl methyl sites for hydroxylation is 1. The minimum Gasteiger partial charge on any atom is -0.381 e. The molecule has 29 heavy (non-hydrogen) atoms. The molecule has 2 aromatic heterocycles. The first-order valence-corrected chi connectivity index (χ1v) is 8.99. The predicted molar refractivity (Wildman–Crippen MR) is 106 cm³/mol. The van der Waals surface area contributed by atoms with E-state index in [0.29, 0.717) is 40.5 Å². The molecule has 3 aromatic rings. The second kappa shape index (κ2) is 8.90. The number of nitrogens with zero attached hydrogens (tertiary/aromatic N) is 4. The van der Waals surface area contributed by atoms with Crippen LogP contribution in [0.4, 0.5) is 11.5 Å². The van der Waals surface area contributed by atoms with E-state index < -0.39 is 11.8 Å². The monoisotopic (exact) mass is 412 g/mol. The molecule has 0 aliphatic rings. The van der Waals surface area contributed by atoms with Crippen LogP contribution in [-0.4, -0.2) is 38.3 Å². The number of amides is 2. The molecular weight excluding hydrogens is 396 g/mol. The number of hydrogen-bond acceptors (Lipinski definition) is 6. The highest BCUT2D eigenvalue weighted by atomic mass is 35.5. The summed E-state index contributed by atoms with van der Waals surface area (Å²) in [5, 5.41) is 24.9. The van der Waals surface area contributed by atoms with Crippen molar-refractivity contribution < 1.29 is 9.59 Å². The number of anilines is 2. The van der Waals surface area contributed by atoms with Gasteiger partial charge in [-0.15, -0.1) is 0 Å². The maximum absolute atomic E-state index is 12.0. The van der Waals surface area contributed by atoms with Gasteiger partial charge in [-0.3, -0.25) is 14.7 Å². The van der Waals surface area contributed by atoms with Gasteiger partial charge < -0.3 is 16.4 Å². The third-order valence-electron chi connectivity index (χ3n) is 4.03. The van der Waals surface area contributed by atoms with Crippen molar-refractivity contribution in [3.8, 4) is 11.8 Å². The first-order valence-electron chi connectivity index (χ1n) is 8.61. The molecule has 0 unspecified atom stereocenters. The molecule has 0 aliphatic carbocycles. The molecule has 0 bridgehead atoms. The molecular formula is C18H17ClN8O2. The number of nitrogens with one attached hydrogen (secondary N) is 3. The maximum Gasteiger partial charge on any atom is 0.313 e. The summed E-state index contributed by atoms with van der Waals surface area (Å²) in [6.07, 6.45) is 4.32. The van der Waals surface area contributed by atoms with E-state index in [1.807, 2.05) is 6.07 Å². The summed E-state index contributed by atoms with van der Waals surface area (Å²) in [4.78, 5) is 24.0. The Morgan fingerprint density at radius 3 is 2.86 bits per heavy atom. The van der Waals surface area contributed by atoms with Crippen LogP contribution in [0, 0.1) is 11.3 Å². The highest BCUT2D eigenvalue weighted by Gasteiger charge is 2.15. The third kappa shape index (κ3) is 4.72. The minimum absolute atomic E-state index is 0.142. The third-order valence-corrected chi connectivity index (χ3v) is 4.34. The lowest BCUT2D eigenvalue weighted by Gasteiger charge is -2.09. The number of aromatic nitrogens is 4. The topological polar surface area (TPSA) is 155 Å². The van der Waals surface area contributed by atoms with Crippen molar-refractivity contribution in [1.29, 1.82) is 5.26 Å². The van der Waals surface area contributed by atoms with Crippen molar-refractivity contribution in [3.05, 3.63) is 52.9 Å². The van der Waals surface area contributed by atoms with Gasteiger partial charge >= 0.3 is 11.8 Å². The predicted octanol–water partition coefficient (Wildman–Crippen LogP) is 1.39. The van der Waals surface area contributed by atoms with Crippen molar-refractivity contribution in [1.82, 2.24) is 25.3 Å². The summed E-state index contributed by atoms with van der Waals surface area (Å²) < 4.78 is 1.59. The van der Waals surface area contributed by atoms with Crippen molar-refractivity contribution in [2.45, 2.75) is 12.8 Å². The number of nitrogen functional groups attached to an aromatic ring is 1. The summed E-state index contributed by atoms with van der Waals surface area (Å²) in [6, 6.07) is 8.58. The quantitative estimate of drug-likeness (QED) is 0.354. The number of nitriles is 1. The molecule has 3 rings (SSSR count). The fourth-order valence-corrected chi connectivity index (χ4v) is 2.88. The van der Waals surface area contributed by atoms with Gasteiger partial charge in [0.25, 0.3) is 0 Å². The number of benzene rings is 1. The van der Waals surface area contributed by atoms with Crippen LogP contribution in [0.2, 0.25) is 5.02 Å². The molecule has 10 nitrogen and oxygen atoms in total. The fourth-order valence-electron chi connectivity index (χ4n) is 2.62. The van der Waals surface area contributed by atoms with Crippen LogP contribution in [-0.2, 0) is 16.0 Å². The fraction of sp³-hybridized carbons (Fsp3) is 0.167. The highest BCUT2D eigenvalue weighted by molar-refractivity contribution is 6.40. The van der Waals surface area contributed by atoms with E-state index in [-0.39, 0.29) is 12.4 Å². The molecule has 0 saturated heterocycles. The van der Waals surface area contributed by atoms with Gasteiger partial charge in [0.05, 0.1) is 16.4 Å². The van der Waals surface area contributed by atoms with Crippen LogP contribution < -0.4 is 16.4 Å². The zero-order chi connectivity index (χ0) is 20.8. The van der Waals surface area contributed by atoms with Crippen molar-refractivity contribution in [2.24, 2.45) is 0 Å². The van der Waals surface area contributed by atoms with Crippen LogP contribution >= 0.6 is 11.6 Å². The van der Waals surface area contributed by atoms with Crippen LogP contribution in [0.1, 0.15) is 17.7 Å². The minimum atomic E-state index is -0.809. The number of hydrogen-bond donors (Lipinski definition) is 4. The van der Waals surface area contributed by atoms with Gasteiger partial charge in [0, 0.05) is 24.6 Å². The second-order valence-electron chi connectivity index (χ2n) is 6.00. The van der Waals surface area contributed by atoms with E-state index in [4.69, 9.17) is 22.6 Å². The molecule has 0 aliphatic heterocycles. The average Bonchev–Trinajstić information content (AvgIpc) is 3.35. The molecule has 2 amide bonds. The van der Waals surface area contributed by atoms with Crippen LogP contribution in [0.3, 0.4) is 0 Å². The Hall–Kier alpha value is -3.84. The van der Waals surface area contributed by atoms with E-state index in [1.54, 1.807) is 35.3 Å². The first kappa shape index (κ1) is 19.9. The molecule has 11 heteroatoms. The number of H-pyrrole nitrogens is 1. The summed E-state index contributed by atoms with van der Waals surface area (Å²) in [5.74, 6) is -1.44. The number of aromatic amines is 1. The average molecular weight is 413 g/mol. The number of rotatable bonds is 6. The molecule has 148 valence electrons. The highest BCUT2D eigenvalue weighted by Crippen LogP contribution is 2.23. The van der Waals surface area contributed by atoms with Crippen molar-refractivity contribution in [2.75, 3.05) is 17.6 Å². The van der Waals surface area contributed by atoms with Crippen LogP contribution in [0.25, 0.3) is 5.69 Å². The molecule has 5 N–H and O–H groups in total. The Balaban J connectivity index is 1.48. The van der Waals surface area contributed by atoms with Crippen molar-refractivity contribution in [3.63, 3.8) is 0 Å². The molecule has 0 fully saturated rings. The molecule has 0 atom stereocenters. The van der Waals surface area contributed by atoms with Gasteiger partial charge in [0.2, 0.25) is 0 Å². The van der Waals surface area contributed by atoms with Gasteiger partial charge in [0.1, 0.15) is 11.6 Å². The second-order valence-corrected chi connectivity index (χ2v) is 6.41. The molecule has 0 radical (unpaired) electrons. The number of carbonyl (C=O) groups excluding carboxylic acids is 2. The van der Waals surface area contributed by atoms with E-state index in [0.717, 1.165) is 0 Å². The Kier molecular flexibility index (Phi) is 6.11. The summed E-state index contributed by atoms with van der Waals surface area (Å²) >= 11 is 6.22. The summed E-state index contributed by atoms with van der Waals surface area (Å²) in [6.45, 7) is 0.245. The lowest BCUT2D eigenvalue weighted by molar-refractivity contribution is -0.136. The molecule has 1 aromatic carbocycles.